The van der Waals surface area contributed by atoms with Crippen LogP contribution in [0.1, 0.15) is 22.3 Å². The summed E-state index contributed by atoms with van der Waals surface area (Å²) in [4.78, 5) is 4.80. The fourth-order valence-electron chi connectivity index (χ4n) is 11.2. The molecular weight excluding hydrogens is 965 g/mol. The Morgan fingerprint density at radius 2 is 0.463 bits per heavy atom. The van der Waals surface area contributed by atoms with Gasteiger partial charge in [0.1, 0.15) is 0 Å². The Bertz CT molecular complexity index is 4040. The molecule has 0 aliphatic rings. The van der Waals surface area contributed by atoms with Gasteiger partial charge in [-0.3, -0.25) is 0 Å². The highest BCUT2D eigenvalue weighted by Gasteiger charge is 2.23. The summed E-state index contributed by atoms with van der Waals surface area (Å²) < 4.78 is 0. The van der Waals surface area contributed by atoms with Gasteiger partial charge in [0.15, 0.2) is 0 Å². The molecule has 0 aliphatic heterocycles. The summed E-state index contributed by atoms with van der Waals surface area (Å²) in [6.07, 6.45) is 8.87. The average Bonchev–Trinajstić information content (AvgIpc) is 3.68. The molecule has 0 saturated carbocycles. The van der Waals surface area contributed by atoms with Gasteiger partial charge in [-0.15, -0.1) is 0 Å². The van der Waals surface area contributed by atoms with Crippen LogP contribution in [0.5, 0.6) is 0 Å². The van der Waals surface area contributed by atoms with Crippen molar-refractivity contribution in [2.45, 2.75) is 0 Å². The minimum Gasteiger partial charge on any atom is -0.310 e. The van der Waals surface area contributed by atoms with E-state index in [4.69, 9.17) is 0 Å². The van der Waals surface area contributed by atoms with Gasteiger partial charge in [0.2, 0.25) is 0 Å². The molecule has 378 valence electrons. The van der Waals surface area contributed by atoms with E-state index in [1.165, 1.54) is 22.3 Å². The van der Waals surface area contributed by atoms with E-state index in [0.29, 0.717) is 0 Å². The zero-order valence-corrected chi connectivity index (χ0v) is 44.2. The van der Waals surface area contributed by atoms with Gasteiger partial charge < -0.3 is 9.80 Å². The quantitative estimate of drug-likeness (QED) is 0.0791. The molecule has 13 aromatic rings. The molecule has 0 aromatic heterocycles. The molecule has 0 amide bonds. The van der Waals surface area contributed by atoms with Crippen molar-refractivity contribution in [3.05, 3.63) is 338 Å². The van der Waals surface area contributed by atoms with E-state index in [1.54, 1.807) is 0 Å². The van der Waals surface area contributed by atoms with Gasteiger partial charge in [0.25, 0.3) is 0 Å². The third kappa shape index (κ3) is 10.4. The van der Waals surface area contributed by atoms with Crippen molar-refractivity contribution >= 4 is 80.0 Å². The highest BCUT2D eigenvalue weighted by Crippen LogP contribution is 2.49. The highest BCUT2D eigenvalue weighted by molar-refractivity contribution is 6.23. The van der Waals surface area contributed by atoms with Crippen molar-refractivity contribution in [3.63, 3.8) is 0 Å². The predicted octanol–water partition coefficient (Wildman–Crippen LogP) is 21.9. The SMILES string of the molecule is C(=C\c1cccc(-c2c3ccc(N(c4ccccc4)c4cccc(-c5ccccc5)c4)cc3c(-c3cccc(/C=C/c4ccccc4)c3)c3ccc(N(c4ccccc4)c4cccc(-c5ccccc5)c4)cc23)c1)/c1ccccc1. The van der Waals surface area contributed by atoms with Crippen molar-refractivity contribution < 1.29 is 0 Å². The summed E-state index contributed by atoms with van der Waals surface area (Å²) in [5, 5.41) is 4.63. The molecule has 0 radical (unpaired) electrons. The van der Waals surface area contributed by atoms with E-state index in [-0.39, 0.29) is 0 Å². The van der Waals surface area contributed by atoms with E-state index in [9.17, 15) is 0 Å². The fourth-order valence-corrected chi connectivity index (χ4v) is 11.2. The van der Waals surface area contributed by atoms with E-state index < -0.39 is 0 Å². The zero-order valence-electron chi connectivity index (χ0n) is 44.2. The minimum absolute atomic E-state index is 1.06. The molecule has 0 N–H and O–H groups in total. The second-order valence-corrected chi connectivity index (χ2v) is 20.1. The maximum Gasteiger partial charge on any atom is 0.0468 e. The number of nitrogens with zero attached hydrogens (tertiary/aromatic N) is 2. The normalized spacial score (nSPS) is 11.4. The lowest BCUT2D eigenvalue weighted by Gasteiger charge is -2.28. The number of rotatable bonds is 14. The first-order valence-electron chi connectivity index (χ1n) is 27.4. The van der Waals surface area contributed by atoms with Gasteiger partial charge >= 0.3 is 0 Å². The van der Waals surface area contributed by atoms with Crippen molar-refractivity contribution in [3.8, 4) is 44.5 Å². The van der Waals surface area contributed by atoms with Gasteiger partial charge in [-0.05, 0) is 173 Å². The van der Waals surface area contributed by atoms with Crippen LogP contribution in [-0.2, 0) is 0 Å². The van der Waals surface area contributed by atoms with Gasteiger partial charge in [-0.1, -0.05) is 255 Å². The second-order valence-electron chi connectivity index (χ2n) is 20.1. The summed E-state index contributed by atoms with van der Waals surface area (Å²) in [7, 11) is 0. The maximum atomic E-state index is 2.43. The highest BCUT2D eigenvalue weighted by atomic mass is 15.1. The molecule has 0 unspecified atom stereocenters. The van der Waals surface area contributed by atoms with Gasteiger partial charge in [0, 0.05) is 34.1 Å². The van der Waals surface area contributed by atoms with Crippen molar-refractivity contribution in [2.24, 2.45) is 0 Å². The Hall–Kier alpha value is -10.5. The average molecular weight is 1020 g/mol. The second kappa shape index (κ2) is 22.6. The van der Waals surface area contributed by atoms with Crippen LogP contribution in [0.15, 0.2) is 315 Å². The minimum atomic E-state index is 1.06. The Balaban J connectivity index is 1.09. The Labute approximate surface area is 469 Å². The van der Waals surface area contributed by atoms with Crippen LogP contribution in [-0.4, -0.2) is 0 Å². The predicted molar refractivity (Wildman–Crippen MR) is 343 cm³/mol. The van der Waals surface area contributed by atoms with Gasteiger partial charge in [-0.25, -0.2) is 0 Å². The number of fused-ring (bicyclic) bond motifs is 2. The van der Waals surface area contributed by atoms with Crippen molar-refractivity contribution in [1.29, 1.82) is 0 Å². The summed E-state index contributed by atoms with van der Waals surface area (Å²) >= 11 is 0. The fraction of sp³-hybridized carbons (Fsp3) is 0. The molecular formula is C78H56N2. The standard InChI is InChI=1S/C78H56N2/c1-7-23-57(24-8-1)43-45-59-27-19-35-65(51-59)77-73-49-47-72(80(68-39-17-6-18-40-68)70-42-22-34-64(54-70)62-31-13-4-14-32-62)56-76(73)78(66-36-20-28-60(52-66)46-44-58-25-9-2-10-26-58)74-50-48-71(55-75(74)77)79(67-37-15-5-16-38-67)69-41-21-33-63(53-69)61-29-11-3-12-30-61/h1-56H/b45-43+,46-44+. The van der Waals surface area contributed by atoms with Gasteiger partial charge in [0.05, 0.1) is 0 Å². The van der Waals surface area contributed by atoms with Crippen LogP contribution in [0.25, 0.3) is 90.4 Å². The number of anilines is 6. The van der Waals surface area contributed by atoms with Crippen LogP contribution < -0.4 is 9.80 Å². The lowest BCUT2D eigenvalue weighted by molar-refractivity contribution is 1.29. The first-order valence-corrected chi connectivity index (χ1v) is 27.4. The lowest BCUT2D eigenvalue weighted by Crippen LogP contribution is -2.10. The number of hydrogen-bond donors (Lipinski definition) is 0. The van der Waals surface area contributed by atoms with Crippen LogP contribution in [0.2, 0.25) is 0 Å². The molecule has 2 nitrogen and oxygen atoms in total. The molecule has 0 saturated heterocycles. The molecule has 2 heteroatoms. The monoisotopic (exact) mass is 1020 g/mol. The van der Waals surface area contributed by atoms with E-state index >= 15 is 0 Å². The smallest absolute Gasteiger partial charge is 0.0468 e. The summed E-state index contributed by atoms with van der Waals surface area (Å²) in [5.41, 5.74) is 20.3. The molecule has 80 heavy (non-hydrogen) atoms. The van der Waals surface area contributed by atoms with E-state index in [0.717, 1.165) is 100 Å². The molecule has 0 heterocycles. The summed E-state index contributed by atoms with van der Waals surface area (Å²) in [6.45, 7) is 0. The largest absolute Gasteiger partial charge is 0.310 e. The van der Waals surface area contributed by atoms with E-state index in [2.05, 4.69) is 350 Å². The van der Waals surface area contributed by atoms with Gasteiger partial charge in [-0.2, -0.15) is 0 Å². The molecule has 13 aromatic carbocycles. The molecule has 0 fully saturated rings. The Kier molecular flexibility index (Phi) is 13.8. The number of benzene rings is 13. The molecule has 0 spiro atoms. The van der Waals surface area contributed by atoms with Crippen molar-refractivity contribution in [1.82, 2.24) is 0 Å². The zero-order chi connectivity index (χ0) is 53.5. The van der Waals surface area contributed by atoms with Crippen molar-refractivity contribution in [2.75, 3.05) is 9.80 Å². The van der Waals surface area contributed by atoms with Crippen LogP contribution in [0.3, 0.4) is 0 Å². The Morgan fingerprint density at radius 3 is 0.863 bits per heavy atom. The summed E-state index contributed by atoms with van der Waals surface area (Å²) in [5.74, 6) is 0. The Morgan fingerprint density at radius 1 is 0.175 bits per heavy atom. The molecule has 13 rings (SSSR count). The number of para-hydroxylation sites is 2. The first kappa shape index (κ1) is 49.1. The molecule has 0 aliphatic carbocycles. The first-order chi connectivity index (χ1) is 39.7. The lowest BCUT2D eigenvalue weighted by atomic mass is 9.84. The summed E-state index contributed by atoms with van der Waals surface area (Å²) in [6, 6.07) is 114. The molecule has 0 bridgehead atoms. The van der Waals surface area contributed by atoms with Crippen LogP contribution >= 0.6 is 0 Å². The third-order valence-corrected chi connectivity index (χ3v) is 14.9. The topological polar surface area (TPSA) is 6.48 Å². The van der Waals surface area contributed by atoms with Crippen LogP contribution in [0.4, 0.5) is 34.1 Å². The van der Waals surface area contributed by atoms with E-state index in [1.807, 2.05) is 0 Å². The molecule has 0 atom stereocenters. The maximum absolute atomic E-state index is 2.43. The number of hydrogen-bond acceptors (Lipinski definition) is 2. The van der Waals surface area contributed by atoms with Crippen LogP contribution in [0, 0.1) is 0 Å². The third-order valence-electron chi connectivity index (χ3n) is 14.9.